The Hall–Kier alpha value is -5.66. The van der Waals surface area contributed by atoms with Gasteiger partial charge in [-0.25, -0.2) is 0 Å². The Kier molecular flexibility index (Phi) is 6.43. The van der Waals surface area contributed by atoms with Crippen LogP contribution in [0.4, 0.5) is 0 Å². The van der Waals surface area contributed by atoms with Crippen molar-refractivity contribution < 1.29 is 0 Å². The van der Waals surface area contributed by atoms with Crippen molar-refractivity contribution in [1.82, 2.24) is 4.57 Å². The lowest BCUT2D eigenvalue weighted by Gasteiger charge is -2.13. The molecule has 1 nitrogen and oxygen atoms in total. The number of aryl methyl sites for hydroxylation is 1. The number of aromatic nitrogens is 1. The van der Waals surface area contributed by atoms with E-state index in [-0.39, 0.29) is 0 Å². The van der Waals surface area contributed by atoms with Gasteiger partial charge in [0.05, 0.1) is 11.0 Å². The number of benzene rings is 7. The number of fused-ring (bicyclic) bond motifs is 3. The van der Waals surface area contributed by atoms with Gasteiger partial charge >= 0.3 is 0 Å². The Bertz CT molecular complexity index is 2250. The predicted molar refractivity (Wildman–Crippen MR) is 187 cm³/mol. The van der Waals surface area contributed by atoms with Crippen LogP contribution in [0, 0.1) is 6.92 Å². The summed E-state index contributed by atoms with van der Waals surface area (Å²) in [5.74, 6) is 0. The van der Waals surface area contributed by atoms with Gasteiger partial charge in [0.15, 0.2) is 0 Å². The highest BCUT2D eigenvalue weighted by molar-refractivity contribution is 6.10. The summed E-state index contributed by atoms with van der Waals surface area (Å²) < 4.78 is 2.41. The summed E-state index contributed by atoms with van der Waals surface area (Å²) in [5, 5.41) is 2.53. The Labute approximate surface area is 258 Å². The van der Waals surface area contributed by atoms with Crippen LogP contribution in [0.3, 0.4) is 0 Å². The zero-order valence-electron chi connectivity index (χ0n) is 24.6. The first kappa shape index (κ1) is 26.0. The molecular formula is C43H31N. The SMILES string of the molecule is Cc1ccc(-c2ccccc2-c2ccc3c4ccccc4n(-c4ccc(-c5cccc(-c6ccccc6)c5)cc4)c3c2)cc1. The van der Waals surface area contributed by atoms with Crippen molar-refractivity contribution in [3.63, 3.8) is 0 Å². The summed E-state index contributed by atoms with van der Waals surface area (Å²) in [6, 6.07) is 61.6. The first-order chi connectivity index (χ1) is 21.7. The van der Waals surface area contributed by atoms with E-state index in [1.807, 2.05) is 0 Å². The molecule has 0 aliphatic heterocycles. The Morgan fingerprint density at radius 1 is 0.341 bits per heavy atom. The van der Waals surface area contributed by atoms with Crippen LogP contribution >= 0.6 is 0 Å². The minimum atomic E-state index is 1.16. The highest BCUT2D eigenvalue weighted by Gasteiger charge is 2.15. The van der Waals surface area contributed by atoms with Crippen molar-refractivity contribution in [2.75, 3.05) is 0 Å². The summed E-state index contributed by atoms with van der Waals surface area (Å²) in [7, 11) is 0. The van der Waals surface area contributed by atoms with Gasteiger partial charge in [0.1, 0.15) is 0 Å². The Morgan fingerprint density at radius 2 is 0.886 bits per heavy atom. The van der Waals surface area contributed by atoms with Gasteiger partial charge in [-0.15, -0.1) is 0 Å². The quantitative estimate of drug-likeness (QED) is 0.197. The average Bonchev–Trinajstić information content (AvgIpc) is 3.43. The molecule has 0 radical (unpaired) electrons. The molecule has 44 heavy (non-hydrogen) atoms. The highest BCUT2D eigenvalue weighted by Crippen LogP contribution is 2.38. The van der Waals surface area contributed by atoms with Gasteiger partial charge in [-0.05, 0) is 81.8 Å². The van der Waals surface area contributed by atoms with Crippen molar-refractivity contribution in [3.8, 4) is 50.2 Å². The van der Waals surface area contributed by atoms with Crippen molar-refractivity contribution in [2.24, 2.45) is 0 Å². The molecule has 0 N–H and O–H groups in total. The van der Waals surface area contributed by atoms with Crippen LogP contribution in [-0.4, -0.2) is 4.57 Å². The topological polar surface area (TPSA) is 4.93 Å². The van der Waals surface area contributed by atoms with Gasteiger partial charge in [-0.1, -0.05) is 145 Å². The molecule has 0 spiro atoms. The number of nitrogens with zero attached hydrogens (tertiary/aromatic N) is 1. The molecule has 0 aliphatic carbocycles. The van der Waals surface area contributed by atoms with Crippen LogP contribution in [0.1, 0.15) is 5.56 Å². The molecule has 1 aromatic heterocycles. The molecule has 0 fully saturated rings. The summed E-state index contributed by atoms with van der Waals surface area (Å²) in [5.41, 5.74) is 14.7. The van der Waals surface area contributed by atoms with Crippen LogP contribution in [0.15, 0.2) is 170 Å². The van der Waals surface area contributed by atoms with E-state index in [1.165, 1.54) is 71.9 Å². The van der Waals surface area contributed by atoms with E-state index in [9.17, 15) is 0 Å². The van der Waals surface area contributed by atoms with Crippen LogP contribution in [0.5, 0.6) is 0 Å². The van der Waals surface area contributed by atoms with E-state index in [0.717, 1.165) is 5.69 Å². The van der Waals surface area contributed by atoms with E-state index in [0.29, 0.717) is 0 Å². The Morgan fingerprint density at radius 3 is 1.64 bits per heavy atom. The lowest BCUT2D eigenvalue weighted by Crippen LogP contribution is -1.94. The second-order valence-electron chi connectivity index (χ2n) is 11.5. The van der Waals surface area contributed by atoms with Gasteiger partial charge in [0.2, 0.25) is 0 Å². The van der Waals surface area contributed by atoms with Gasteiger partial charge in [0, 0.05) is 16.5 Å². The first-order valence-electron chi connectivity index (χ1n) is 15.2. The van der Waals surface area contributed by atoms with Crippen molar-refractivity contribution in [1.29, 1.82) is 0 Å². The van der Waals surface area contributed by atoms with Gasteiger partial charge in [0.25, 0.3) is 0 Å². The van der Waals surface area contributed by atoms with E-state index in [2.05, 4.69) is 181 Å². The van der Waals surface area contributed by atoms with Crippen molar-refractivity contribution in [2.45, 2.75) is 6.92 Å². The fraction of sp³-hybridized carbons (Fsp3) is 0.0233. The molecule has 7 aromatic carbocycles. The molecule has 1 heterocycles. The highest BCUT2D eigenvalue weighted by atomic mass is 15.0. The van der Waals surface area contributed by atoms with E-state index < -0.39 is 0 Å². The number of hydrogen-bond donors (Lipinski definition) is 0. The molecular weight excluding hydrogens is 530 g/mol. The van der Waals surface area contributed by atoms with Crippen molar-refractivity contribution >= 4 is 21.8 Å². The Balaban J connectivity index is 1.24. The maximum absolute atomic E-state index is 2.41. The zero-order chi connectivity index (χ0) is 29.5. The third kappa shape index (κ3) is 4.60. The van der Waals surface area contributed by atoms with E-state index >= 15 is 0 Å². The minimum Gasteiger partial charge on any atom is -0.309 e. The maximum atomic E-state index is 2.41. The molecule has 0 saturated heterocycles. The largest absolute Gasteiger partial charge is 0.309 e. The van der Waals surface area contributed by atoms with E-state index in [4.69, 9.17) is 0 Å². The molecule has 208 valence electrons. The fourth-order valence-electron chi connectivity index (χ4n) is 6.45. The number of para-hydroxylation sites is 1. The van der Waals surface area contributed by atoms with Crippen LogP contribution in [0.25, 0.3) is 72.0 Å². The molecule has 1 heteroatoms. The molecule has 0 aliphatic rings. The third-order valence-electron chi connectivity index (χ3n) is 8.70. The van der Waals surface area contributed by atoms with Crippen LogP contribution < -0.4 is 0 Å². The second-order valence-corrected chi connectivity index (χ2v) is 11.5. The summed E-state index contributed by atoms with van der Waals surface area (Å²) in [6.07, 6.45) is 0. The first-order valence-corrected chi connectivity index (χ1v) is 15.2. The van der Waals surface area contributed by atoms with Crippen LogP contribution in [-0.2, 0) is 0 Å². The van der Waals surface area contributed by atoms with Gasteiger partial charge < -0.3 is 4.57 Å². The zero-order valence-corrected chi connectivity index (χ0v) is 24.6. The molecule has 0 atom stereocenters. The van der Waals surface area contributed by atoms with Crippen molar-refractivity contribution in [3.05, 3.63) is 175 Å². The van der Waals surface area contributed by atoms with Crippen LogP contribution in [0.2, 0.25) is 0 Å². The summed E-state index contributed by atoms with van der Waals surface area (Å²) in [4.78, 5) is 0. The molecule has 0 bridgehead atoms. The van der Waals surface area contributed by atoms with Gasteiger partial charge in [-0.2, -0.15) is 0 Å². The second kappa shape index (κ2) is 10.9. The molecule has 8 rings (SSSR count). The van der Waals surface area contributed by atoms with Gasteiger partial charge in [-0.3, -0.25) is 0 Å². The van der Waals surface area contributed by atoms with E-state index in [1.54, 1.807) is 0 Å². The number of rotatable bonds is 5. The molecule has 8 aromatic rings. The predicted octanol–water partition coefficient (Wildman–Crippen LogP) is 11.8. The standard InChI is InChI=1S/C43H31N/c1-30-18-20-33(21-19-30)38-14-5-6-15-39(38)36-24-27-41-40-16-7-8-17-42(40)44(43(41)29-36)37-25-22-32(23-26-37)35-13-9-12-34(28-35)31-10-3-2-4-11-31/h2-29H,1H3. The number of hydrogen-bond acceptors (Lipinski definition) is 0. The molecule has 0 amide bonds. The fourth-order valence-corrected chi connectivity index (χ4v) is 6.45. The third-order valence-corrected chi connectivity index (χ3v) is 8.70. The lowest BCUT2D eigenvalue weighted by molar-refractivity contribution is 1.18. The monoisotopic (exact) mass is 561 g/mol. The molecule has 0 unspecified atom stereocenters. The summed E-state index contributed by atoms with van der Waals surface area (Å²) >= 11 is 0. The minimum absolute atomic E-state index is 1.16. The lowest BCUT2D eigenvalue weighted by atomic mass is 9.93. The average molecular weight is 562 g/mol. The normalized spacial score (nSPS) is 11.3. The smallest absolute Gasteiger partial charge is 0.0547 e. The summed E-state index contributed by atoms with van der Waals surface area (Å²) in [6.45, 7) is 2.14. The maximum Gasteiger partial charge on any atom is 0.0547 e. The molecule has 0 saturated carbocycles.